The van der Waals surface area contributed by atoms with Gasteiger partial charge < -0.3 is 29.4 Å². The number of likely N-dealkylation sites (tertiary alicyclic amines) is 1. The van der Waals surface area contributed by atoms with Gasteiger partial charge in [0.2, 0.25) is 0 Å². The Kier molecular flexibility index (Phi) is 7.18. The summed E-state index contributed by atoms with van der Waals surface area (Å²) >= 11 is 0. The molecule has 192 valence electrons. The van der Waals surface area contributed by atoms with Crippen molar-refractivity contribution in [2.24, 2.45) is 5.92 Å². The van der Waals surface area contributed by atoms with Gasteiger partial charge in [-0.25, -0.2) is 14.4 Å². The number of anilines is 3. The van der Waals surface area contributed by atoms with Crippen LogP contribution >= 0.6 is 0 Å². The van der Waals surface area contributed by atoms with E-state index in [2.05, 4.69) is 32.5 Å². The standard InChI is InChI=1S/C27H28FN5O4/c1-33-8-5-17(6-9-33)14-37-25-13-23-20(12-24(25)35-2)26(30-16-29-23)32-22-4-3-19(11-21(22)28)31-27(34)18-7-10-36-15-18/h3-4,7,10-13,15-17H,5-6,8-9,14H2,1-2H3,(H,31,34)(H,29,30,32). The smallest absolute Gasteiger partial charge is 0.258 e. The zero-order chi connectivity index (χ0) is 25.8. The van der Waals surface area contributed by atoms with E-state index in [0.29, 0.717) is 52.0 Å². The number of hydrogen-bond acceptors (Lipinski definition) is 8. The number of aromatic nitrogens is 2. The number of furan rings is 1. The molecule has 9 nitrogen and oxygen atoms in total. The number of ether oxygens (including phenoxy) is 2. The van der Waals surface area contributed by atoms with Gasteiger partial charge in [-0.2, -0.15) is 0 Å². The Bertz CT molecular complexity index is 1390. The van der Waals surface area contributed by atoms with E-state index in [1.807, 2.05) is 6.07 Å². The molecule has 0 saturated carbocycles. The Balaban J connectivity index is 1.33. The number of piperidine rings is 1. The van der Waals surface area contributed by atoms with Gasteiger partial charge in [0.15, 0.2) is 11.5 Å². The van der Waals surface area contributed by atoms with Crippen LogP contribution in [0.5, 0.6) is 11.5 Å². The first kappa shape index (κ1) is 24.5. The number of nitrogens with zero attached hydrogens (tertiary/aromatic N) is 3. The third-order valence-corrected chi connectivity index (χ3v) is 6.50. The summed E-state index contributed by atoms with van der Waals surface area (Å²) in [4.78, 5) is 23.2. The molecule has 2 aromatic carbocycles. The van der Waals surface area contributed by atoms with E-state index in [9.17, 15) is 9.18 Å². The molecule has 0 atom stereocenters. The number of methoxy groups -OCH3 is 1. The molecule has 0 unspecified atom stereocenters. The summed E-state index contributed by atoms with van der Waals surface area (Å²) in [6.45, 7) is 2.75. The lowest BCUT2D eigenvalue weighted by molar-refractivity contribution is 0.102. The zero-order valence-corrected chi connectivity index (χ0v) is 20.7. The maximum absolute atomic E-state index is 14.9. The highest BCUT2D eigenvalue weighted by Gasteiger charge is 2.19. The van der Waals surface area contributed by atoms with Crippen LogP contribution in [0.1, 0.15) is 23.2 Å². The van der Waals surface area contributed by atoms with E-state index in [0.717, 1.165) is 25.9 Å². The number of fused-ring (bicyclic) bond motifs is 1. The number of amides is 1. The van der Waals surface area contributed by atoms with Crippen LogP contribution in [0.15, 0.2) is 59.7 Å². The number of nitrogens with one attached hydrogen (secondary N) is 2. The molecule has 2 N–H and O–H groups in total. The largest absolute Gasteiger partial charge is 0.493 e. The van der Waals surface area contributed by atoms with E-state index >= 15 is 0 Å². The van der Waals surface area contributed by atoms with Crippen molar-refractivity contribution >= 4 is 34.0 Å². The molecule has 2 aromatic heterocycles. The third kappa shape index (κ3) is 5.64. The molecule has 1 amide bonds. The van der Waals surface area contributed by atoms with Crippen molar-refractivity contribution in [1.29, 1.82) is 0 Å². The summed E-state index contributed by atoms with van der Waals surface area (Å²) in [5, 5.41) is 6.32. The fourth-order valence-electron chi connectivity index (χ4n) is 4.29. The highest BCUT2D eigenvalue weighted by Crippen LogP contribution is 2.36. The highest BCUT2D eigenvalue weighted by molar-refractivity contribution is 6.04. The number of carbonyl (C=O) groups is 1. The lowest BCUT2D eigenvalue weighted by Gasteiger charge is -2.28. The van der Waals surface area contributed by atoms with Gasteiger partial charge >= 0.3 is 0 Å². The first-order valence-electron chi connectivity index (χ1n) is 12.0. The number of hydrogen-bond donors (Lipinski definition) is 2. The molecule has 5 rings (SSSR count). The quantitative estimate of drug-likeness (QED) is 0.342. The Morgan fingerprint density at radius 2 is 2.00 bits per heavy atom. The van der Waals surface area contributed by atoms with Crippen LogP contribution in [0.4, 0.5) is 21.6 Å². The maximum Gasteiger partial charge on any atom is 0.258 e. The molecular weight excluding hydrogens is 477 g/mol. The lowest BCUT2D eigenvalue weighted by Crippen LogP contribution is -2.32. The van der Waals surface area contributed by atoms with Crippen molar-refractivity contribution in [2.75, 3.05) is 44.5 Å². The van der Waals surface area contributed by atoms with Gasteiger partial charge in [0.05, 0.1) is 36.7 Å². The lowest BCUT2D eigenvalue weighted by atomic mass is 9.98. The summed E-state index contributed by atoms with van der Waals surface area (Å²) in [6.07, 6.45) is 6.32. The van der Waals surface area contributed by atoms with Gasteiger partial charge in [-0.1, -0.05) is 0 Å². The minimum Gasteiger partial charge on any atom is -0.493 e. The van der Waals surface area contributed by atoms with Crippen molar-refractivity contribution in [3.05, 3.63) is 66.6 Å². The van der Waals surface area contributed by atoms with Gasteiger partial charge in [-0.15, -0.1) is 0 Å². The Morgan fingerprint density at radius 1 is 1.16 bits per heavy atom. The molecule has 0 bridgehead atoms. The first-order valence-corrected chi connectivity index (χ1v) is 12.0. The summed E-state index contributed by atoms with van der Waals surface area (Å²) < 4.78 is 31.5. The zero-order valence-electron chi connectivity index (χ0n) is 20.7. The fraction of sp³-hybridized carbons (Fsp3) is 0.296. The van der Waals surface area contributed by atoms with Crippen LogP contribution in [0.25, 0.3) is 10.9 Å². The molecule has 10 heteroatoms. The van der Waals surface area contributed by atoms with Crippen molar-refractivity contribution in [2.45, 2.75) is 12.8 Å². The second-order valence-corrected chi connectivity index (χ2v) is 9.09. The molecule has 1 aliphatic rings. The van der Waals surface area contributed by atoms with Crippen molar-refractivity contribution in [3.8, 4) is 11.5 Å². The molecule has 1 saturated heterocycles. The first-order chi connectivity index (χ1) is 18.0. The number of halogens is 1. The molecule has 0 spiro atoms. The topological polar surface area (TPSA) is 102 Å². The Labute approximate surface area is 213 Å². The SMILES string of the molecule is COc1cc2c(Nc3ccc(NC(=O)c4ccoc4)cc3F)ncnc2cc1OCC1CCN(C)CC1. The average molecular weight is 506 g/mol. The van der Waals surface area contributed by atoms with Gasteiger partial charge in [0.25, 0.3) is 5.91 Å². The number of carbonyl (C=O) groups excluding carboxylic acids is 1. The van der Waals surface area contributed by atoms with Crippen LogP contribution in [-0.4, -0.2) is 54.6 Å². The summed E-state index contributed by atoms with van der Waals surface area (Å²) in [5.74, 6) is 1.13. The second kappa shape index (κ2) is 10.8. The molecular formula is C27H28FN5O4. The molecule has 37 heavy (non-hydrogen) atoms. The van der Waals surface area contributed by atoms with E-state index in [4.69, 9.17) is 13.9 Å². The molecule has 4 aromatic rings. The van der Waals surface area contributed by atoms with Gasteiger partial charge in [0.1, 0.15) is 24.2 Å². The summed E-state index contributed by atoms with van der Waals surface area (Å²) in [5.41, 5.74) is 1.50. The van der Waals surface area contributed by atoms with Crippen LogP contribution < -0.4 is 20.1 Å². The summed E-state index contributed by atoms with van der Waals surface area (Å²) in [7, 11) is 3.71. The van der Waals surface area contributed by atoms with Crippen LogP contribution in [0.3, 0.4) is 0 Å². The van der Waals surface area contributed by atoms with E-state index in [1.165, 1.54) is 37.1 Å². The van der Waals surface area contributed by atoms with Crippen molar-refractivity contribution in [3.63, 3.8) is 0 Å². The normalized spacial score (nSPS) is 14.5. The minimum absolute atomic E-state index is 0.197. The minimum atomic E-state index is -0.554. The van der Waals surface area contributed by atoms with E-state index in [-0.39, 0.29) is 5.69 Å². The number of rotatable bonds is 8. The molecule has 1 fully saturated rings. The monoisotopic (exact) mass is 505 g/mol. The average Bonchev–Trinajstić information content (AvgIpc) is 3.45. The summed E-state index contributed by atoms with van der Waals surface area (Å²) in [6, 6.07) is 9.51. The van der Waals surface area contributed by atoms with E-state index in [1.54, 1.807) is 19.2 Å². The predicted octanol–water partition coefficient (Wildman–Crippen LogP) is 5.09. The van der Waals surface area contributed by atoms with Crippen LogP contribution in [0.2, 0.25) is 0 Å². The fourth-order valence-corrected chi connectivity index (χ4v) is 4.29. The molecule has 0 aliphatic carbocycles. The van der Waals surface area contributed by atoms with Crippen LogP contribution in [-0.2, 0) is 0 Å². The van der Waals surface area contributed by atoms with Crippen molar-refractivity contribution < 1.29 is 23.1 Å². The Morgan fingerprint density at radius 3 is 2.73 bits per heavy atom. The van der Waals surface area contributed by atoms with Gasteiger partial charge in [-0.3, -0.25) is 4.79 Å². The highest BCUT2D eigenvalue weighted by atomic mass is 19.1. The van der Waals surface area contributed by atoms with Crippen molar-refractivity contribution in [1.82, 2.24) is 14.9 Å². The third-order valence-electron chi connectivity index (χ3n) is 6.50. The van der Waals surface area contributed by atoms with Crippen LogP contribution in [0, 0.1) is 11.7 Å². The van der Waals surface area contributed by atoms with Gasteiger partial charge in [0, 0.05) is 17.1 Å². The maximum atomic E-state index is 14.9. The van der Waals surface area contributed by atoms with E-state index < -0.39 is 11.7 Å². The van der Waals surface area contributed by atoms with Gasteiger partial charge in [-0.05, 0) is 69.2 Å². The molecule has 1 aliphatic heterocycles. The number of benzene rings is 2. The molecule has 0 radical (unpaired) electrons. The molecule has 3 heterocycles. The predicted molar refractivity (Wildman–Crippen MR) is 138 cm³/mol. The Hall–Kier alpha value is -4.18. The second-order valence-electron chi connectivity index (χ2n) is 9.09.